The van der Waals surface area contributed by atoms with Crippen molar-refractivity contribution < 1.29 is 41.0 Å². The second kappa shape index (κ2) is 10.5. The Morgan fingerprint density at radius 1 is 1.07 bits per heavy atom. The first-order chi connectivity index (χ1) is 18.7. The van der Waals surface area contributed by atoms with E-state index < -0.39 is 59.3 Å². The zero-order valence-corrected chi connectivity index (χ0v) is 22.1. The topological polar surface area (TPSA) is 107 Å². The van der Waals surface area contributed by atoms with Crippen molar-refractivity contribution in [2.75, 3.05) is 5.32 Å². The number of aliphatic hydroxyl groups excluding tert-OH is 1. The lowest BCUT2D eigenvalue weighted by Crippen LogP contribution is -2.40. The van der Waals surface area contributed by atoms with Crippen molar-refractivity contribution in [3.8, 4) is 10.4 Å². The van der Waals surface area contributed by atoms with Crippen molar-refractivity contribution in [3.63, 3.8) is 0 Å². The van der Waals surface area contributed by atoms with Gasteiger partial charge in [0.25, 0.3) is 11.8 Å². The summed E-state index contributed by atoms with van der Waals surface area (Å²) in [6.45, 7) is 0.749. The molecule has 8 nitrogen and oxygen atoms in total. The van der Waals surface area contributed by atoms with E-state index in [1.165, 1.54) is 0 Å². The Bertz CT molecular complexity index is 1280. The molecule has 5 rings (SSSR count). The molecule has 0 spiro atoms. The van der Waals surface area contributed by atoms with E-state index in [1.54, 1.807) is 4.90 Å². The average Bonchev–Trinajstić information content (AvgIpc) is 3.67. The third-order valence-electron chi connectivity index (χ3n) is 7.82. The van der Waals surface area contributed by atoms with Crippen LogP contribution in [-0.4, -0.2) is 68.2 Å². The molecule has 0 unspecified atom stereocenters. The number of hydrogen-bond acceptors (Lipinski definition) is 7. The van der Waals surface area contributed by atoms with Gasteiger partial charge in [0, 0.05) is 23.8 Å². The van der Waals surface area contributed by atoms with Crippen molar-refractivity contribution in [2.24, 2.45) is 0 Å². The molecule has 1 aliphatic carbocycles. The molecule has 2 aromatic heterocycles. The maximum atomic E-state index is 14.2. The zero-order valence-electron chi connectivity index (χ0n) is 21.3. The van der Waals surface area contributed by atoms with Crippen LogP contribution in [0.5, 0.6) is 0 Å². The van der Waals surface area contributed by atoms with Crippen LogP contribution in [0.15, 0.2) is 12.3 Å². The standard InChI is InChI=1S/C25H27F6N5O3S/c1-11(24(26,27)28)33-18-9-15(25(29,30)31)14(10-32-18)20-19(23(39)36-12-5-6-13(36)8-7-12)35-22(40-20)21(38)34-16-3-2-4-17(16)37/h9-13,16-17,37H,2-8H2,1H3,(H,32,33)(H,34,38)/t11-,12?,13?,16+,17+/m0/s1. The molecule has 2 bridgehead atoms. The summed E-state index contributed by atoms with van der Waals surface area (Å²) in [6, 6.07) is -2.41. The number of halogens is 6. The fraction of sp³-hybridized carbons (Fsp3) is 0.600. The highest BCUT2D eigenvalue weighted by molar-refractivity contribution is 7.17. The van der Waals surface area contributed by atoms with Crippen molar-refractivity contribution in [2.45, 2.75) is 94.5 Å². The maximum Gasteiger partial charge on any atom is 0.417 e. The number of carbonyl (C=O) groups excluding carboxylic acids is 2. The molecule has 2 saturated heterocycles. The molecule has 0 radical (unpaired) electrons. The Balaban J connectivity index is 1.56. The Hall–Kier alpha value is -2.94. The van der Waals surface area contributed by atoms with Crippen LogP contribution in [0.2, 0.25) is 0 Å². The number of nitrogens with zero attached hydrogens (tertiary/aromatic N) is 3. The smallest absolute Gasteiger partial charge is 0.391 e. The predicted molar refractivity (Wildman–Crippen MR) is 133 cm³/mol. The highest BCUT2D eigenvalue weighted by Crippen LogP contribution is 2.44. The number of thiazole rings is 1. The Kier molecular flexibility index (Phi) is 7.48. The summed E-state index contributed by atoms with van der Waals surface area (Å²) in [5.74, 6) is -1.99. The number of aliphatic hydroxyl groups is 1. The van der Waals surface area contributed by atoms with E-state index in [1.807, 2.05) is 5.32 Å². The van der Waals surface area contributed by atoms with E-state index in [0.29, 0.717) is 36.7 Å². The van der Waals surface area contributed by atoms with Crippen LogP contribution >= 0.6 is 11.3 Å². The number of amides is 2. The molecule has 2 aliphatic heterocycles. The number of rotatable bonds is 6. The van der Waals surface area contributed by atoms with Gasteiger partial charge >= 0.3 is 12.4 Å². The van der Waals surface area contributed by atoms with E-state index in [0.717, 1.165) is 38.8 Å². The largest absolute Gasteiger partial charge is 0.417 e. The first-order valence-electron chi connectivity index (χ1n) is 13.0. The second-order valence-electron chi connectivity index (χ2n) is 10.5. The van der Waals surface area contributed by atoms with Crippen LogP contribution in [-0.2, 0) is 6.18 Å². The Labute approximate surface area is 229 Å². The number of pyridine rings is 1. The number of alkyl halides is 6. The molecule has 3 fully saturated rings. The van der Waals surface area contributed by atoms with E-state index >= 15 is 0 Å². The quantitative estimate of drug-likeness (QED) is 0.409. The number of hydrogen-bond donors (Lipinski definition) is 3. The van der Waals surface area contributed by atoms with Crippen LogP contribution in [0, 0.1) is 0 Å². The SMILES string of the molecule is C[C@H](Nc1cc(C(F)(F)F)c(-c2sc(C(=O)N[C@@H]3CCC[C@H]3O)nc2C(=O)N2C3CCC2CC3)cn1)C(F)(F)F. The van der Waals surface area contributed by atoms with E-state index in [4.69, 9.17) is 0 Å². The summed E-state index contributed by atoms with van der Waals surface area (Å²) < 4.78 is 81.7. The summed E-state index contributed by atoms with van der Waals surface area (Å²) in [4.78, 5) is 36.0. The van der Waals surface area contributed by atoms with Gasteiger partial charge in [-0.05, 0) is 57.9 Å². The van der Waals surface area contributed by atoms with E-state index in [9.17, 15) is 41.0 Å². The molecule has 0 aromatic carbocycles. The molecule has 3 aliphatic rings. The minimum Gasteiger partial charge on any atom is -0.391 e. The molecular weight excluding hydrogens is 564 g/mol. The minimum atomic E-state index is -5.02. The normalized spacial score (nSPS) is 25.4. The molecule has 218 valence electrons. The monoisotopic (exact) mass is 591 g/mol. The summed E-state index contributed by atoms with van der Waals surface area (Å²) in [6.07, 6.45) is -5.04. The molecule has 1 saturated carbocycles. The lowest BCUT2D eigenvalue weighted by atomic mass is 10.0. The average molecular weight is 592 g/mol. The molecule has 40 heavy (non-hydrogen) atoms. The number of fused-ring (bicyclic) bond motifs is 2. The first-order valence-corrected chi connectivity index (χ1v) is 13.8. The van der Waals surface area contributed by atoms with Crippen molar-refractivity contribution >= 4 is 29.0 Å². The summed E-state index contributed by atoms with van der Waals surface area (Å²) >= 11 is 0.577. The van der Waals surface area contributed by atoms with Crippen molar-refractivity contribution in [3.05, 3.63) is 28.5 Å². The Morgan fingerprint density at radius 3 is 2.27 bits per heavy atom. The number of anilines is 1. The maximum absolute atomic E-state index is 14.2. The predicted octanol–water partition coefficient (Wildman–Crippen LogP) is 5.00. The zero-order chi connectivity index (χ0) is 29.0. The fourth-order valence-corrected chi connectivity index (χ4v) is 6.69. The molecule has 15 heteroatoms. The van der Waals surface area contributed by atoms with Crippen LogP contribution < -0.4 is 10.6 Å². The van der Waals surface area contributed by atoms with Crippen LogP contribution in [0.1, 0.15) is 77.7 Å². The molecule has 3 atom stereocenters. The van der Waals surface area contributed by atoms with Crippen molar-refractivity contribution in [1.29, 1.82) is 0 Å². The lowest BCUT2D eigenvalue weighted by molar-refractivity contribution is -0.138. The van der Waals surface area contributed by atoms with Gasteiger partial charge in [0.1, 0.15) is 17.6 Å². The fourth-order valence-electron chi connectivity index (χ4n) is 5.70. The van der Waals surface area contributed by atoms with Gasteiger partial charge < -0.3 is 20.6 Å². The van der Waals surface area contributed by atoms with Gasteiger partial charge in [0.05, 0.1) is 22.6 Å². The summed E-state index contributed by atoms with van der Waals surface area (Å²) in [5, 5.41) is 14.4. The number of carbonyl (C=O) groups is 2. The minimum absolute atomic E-state index is 0.0754. The van der Waals surface area contributed by atoms with Gasteiger partial charge in [-0.15, -0.1) is 11.3 Å². The van der Waals surface area contributed by atoms with Gasteiger partial charge in [-0.2, -0.15) is 26.3 Å². The van der Waals surface area contributed by atoms with Crippen LogP contribution in [0.3, 0.4) is 0 Å². The van der Waals surface area contributed by atoms with Crippen LogP contribution in [0.4, 0.5) is 32.2 Å². The molecule has 4 heterocycles. The highest BCUT2D eigenvalue weighted by Gasteiger charge is 2.45. The number of aromatic nitrogens is 2. The third kappa shape index (κ3) is 5.49. The Morgan fingerprint density at radius 2 is 1.73 bits per heavy atom. The second-order valence-corrected chi connectivity index (χ2v) is 11.5. The van der Waals surface area contributed by atoms with Gasteiger partial charge in [0.2, 0.25) is 0 Å². The van der Waals surface area contributed by atoms with Crippen molar-refractivity contribution in [1.82, 2.24) is 20.2 Å². The van der Waals surface area contributed by atoms with Gasteiger partial charge in [-0.1, -0.05) is 0 Å². The first kappa shape index (κ1) is 28.6. The summed E-state index contributed by atoms with van der Waals surface area (Å²) in [7, 11) is 0. The molecular formula is C25H27F6N5O3S. The van der Waals surface area contributed by atoms with Crippen LogP contribution in [0.25, 0.3) is 10.4 Å². The van der Waals surface area contributed by atoms with E-state index in [2.05, 4.69) is 15.3 Å². The molecule has 2 aromatic rings. The highest BCUT2D eigenvalue weighted by atomic mass is 32.1. The molecule has 3 N–H and O–H groups in total. The number of nitrogens with one attached hydrogen (secondary N) is 2. The van der Waals surface area contributed by atoms with E-state index in [-0.39, 0.29) is 27.7 Å². The molecule has 2 amide bonds. The lowest BCUT2D eigenvalue weighted by Gasteiger charge is -2.22. The van der Waals surface area contributed by atoms with Gasteiger partial charge in [-0.25, -0.2) is 9.97 Å². The summed E-state index contributed by atoms with van der Waals surface area (Å²) in [5.41, 5.74) is -2.22. The third-order valence-corrected chi connectivity index (χ3v) is 8.90. The van der Waals surface area contributed by atoms with Gasteiger partial charge in [-0.3, -0.25) is 9.59 Å². The van der Waals surface area contributed by atoms with Gasteiger partial charge in [0.15, 0.2) is 5.01 Å².